The van der Waals surface area contributed by atoms with E-state index in [1.165, 1.54) is 0 Å². The second kappa shape index (κ2) is 6.52. The highest BCUT2D eigenvalue weighted by atomic mass is 35.5. The third-order valence-electron chi connectivity index (χ3n) is 4.00. The average Bonchev–Trinajstić information content (AvgIpc) is 3.09. The Morgan fingerprint density at radius 1 is 0.913 bits per heavy atom. The van der Waals surface area contributed by atoms with Crippen LogP contribution in [0.15, 0.2) is 54.7 Å². The maximum atomic E-state index is 7.17. The van der Waals surface area contributed by atoms with Gasteiger partial charge in [0, 0.05) is 16.0 Å². The van der Waals surface area contributed by atoms with Gasteiger partial charge >= 0.3 is 0 Å². The van der Waals surface area contributed by atoms with E-state index in [9.17, 15) is 0 Å². The minimum atomic E-state index is -0.813. The van der Waals surface area contributed by atoms with Crippen molar-refractivity contribution in [1.29, 1.82) is 0 Å². The van der Waals surface area contributed by atoms with Crippen LogP contribution in [-0.4, -0.2) is 15.4 Å². The molecule has 0 bridgehead atoms. The number of rotatable bonds is 4. The predicted octanol–water partition coefficient (Wildman–Crippen LogP) is 5.40. The van der Waals surface area contributed by atoms with Gasteiger partial charge in [0.05, 0.1) is 11.9 Å². The van der Waals surface area contributed by atoms with Gasteiger partial charge in [-0.3, -0.25) is 0 Å². The molecule has 3 aromatic rings. The minimum Gasteiger partial charge on any atom is -0.198 e. The van der Waals surface area contributed by atoms with Gasteiger partial charge in [-0.1, -0.05) is 54.4 Å². The van der Waals surface area contributed by atoms with E-state index in [1.54, 1.807) is 6.20 Å². The Morgan fingerprint density at radius 3 is 1.78 bits per heavy atom. The van der Waals surface area contributed by atoms with Crippen molar-refractivity contribution >= 4 is 34.8 Å². The third kappa shape index (κ3) is 3.09. The molecule has 0 aliphatic carbocycles. The summed E-state index contributed by atoms with van der Waals surface area (Å²) in [6.45, 7) is 2.02. The van der Waals surface area contributed by atoms with Crippen LogP contribution in [-0.2, 0) is 4.87 Å². The molecule has 0 saturated heterocycles. The number of nitrogens with zero attached hydrogens (tertiary/aromatic N) is 2. The summed E-state index contributed by atoms with van der Waals surface area (Å²) in [6.07, 6.45) is 1.69. The van der Waals surface area contributed by atoms with Crippen molar-refractivity contribution in [2.45, 2.75) is 17.7 Å². The number of hydrogen-bond acceptors (Lipinski definition) is 2. The molecule has 3 nitrogen and oxygen atoms in total. The molecule has 118 valence electrons. The summed E-state index contributed by atoms with van der Waals surface area (Å²) in [5.41, 5.74) is 2.65. The van der Waals surface area contributed by atoms with Crippen LogP contribution in [0.4, 0.5) is 0 Å². The van der Waals surface area contributed by atoms with E-state index in [2.05, 4.69) is 15.4 Å². The summed E-state index contributed by atoms with van der Waals surface area (Å²) in [7, 11) is 0. The van der Waals surface area contributed by atoms with Crippen LogP contribution in [0.25, 0.3) is 0 Å². The lowest BCUT2D eigenvalue weighted by Gasteiger charge is -2.33. The normalized spacial score (nSPS) is 13.0. The molecule has 1 aromatic heterocycles. The molecule has 0 aliphatic heterocycles. The van der Waals surface area contributed by atoms with Gasteiger partial charge in [0.2, 0.25) is 0 Å². The summed E-state index contributed by atoms with van der Waals surface area (Å²) >= 11 is 19.2. The predicted molar refractivity (Wildman–Crippen MR) is 94.3 cm³/mol. The number of alkyl halides is 1. The molecule has 0 radical (unpaired) electrons. The van der Waals surface area contributed by atoms with Crippen LogP contribution in [0.3, 0.4) is 0 Å². The average molecular weight is 367 g/mol. The molecule has 0 aliphatic rings. The zero-order valence-electron chi connectivity index (χ0n) is 12.3. The van der Waals surface area contributed by atoms with Gasteiger partial charge in [-0.2, -0.15) is 15.4 Å². The highest BCUT2D eigenvalue weighted by Crippen LogP contribution is 2.47. The number of aromatic nitrogens is 3. The van der Waals surface area contributed by atoms with E-state index >= 15 is 0 Å². The van der Waals surface area contributed by atoms with E-state index < -0.39 is 4.87 Å². The van der Waals surface area contributed by atoms with Crippen LogP contribution in [0, 0.1) is 0 Å². The second-order valence-corrected chi connectivity index (χ2v) is 6.81. The molecule has 1 atom stereocenters. The van der Waals surface area contributed by atoms with E-state index in [4.69, 9.17) is 34.8 Å². The van der Waals surface area contributed by atoms with E-state index in [-0.39, 0.29) is 5.92 Å². The lowest BCUT2D eigenvalue weighted by atomic mass is 9.79. The molecular weight excluding hydrogens is 353 g/mol. The van der Waals surface area contributed by atoms with Crippen molar-refractivity contribution in [3.8, 4) is 0 Å². The molecule has 1 N–H and O–H groups in total. The van der Waals surface area contributed by atoms with Crippen molar-refractivity contribution in [3.63, 3.8) is 0 Å². The molecule has 1 heterocycles. The Hall–Kier alpha value is -1.55. The van der Waals surface area contributed by atoms with Crippen LogP contribution in [0.2, 0.25) is 10.0 Å². The molecule has 1 unspecified atom stereocenters. The highest BCUT2D eigenvalue weighted by molar-refractivity contribution is 6.31. The lowest BCUT2D eigenvalue weighted by Crippen LogP contribution is -2.28. The van der Waals surface area contributed by atoms with Crippen molar-refractivity contribution in [1.82, 2.24) is 15.4 Å². The van der Waals surface area contributed by atoms with Crippen LogP contribution < -0.4 is 0 Å². The Kier molecular flexibility index (Phi) is 4.62. The lowest BCUT2D eigenvalue weighted by molar-refractivity contribution is 0.576. The molecule has 0 saturated carbocycles. The van der Waals surface area contributed by atoms with Gasteiger partial charge in [-0.05, 0) is 35.4 Å². The standard InChI is InChI=1S/C17H14Cl3N3/c1-11(16-10-21-23-22-16)17(20,12-2-6-14(18)7-3-12)13-4-8-15(19)9-5-13/h2-11H,1H3,(H,21,22,23). The summed E-state index contributed by atoms with van der Waals surface area (Å²) in [5, 5.41) is 12.1. The third-order valence-corrected chi connectivity index (χ3v) is 5.27. The molecule has 0 amide bonds. The molecular formula is C17H14Cl3N3. The van der Waals surface area contributed by atoms with Crippen LogP contribution in [0.1, 0.15) is 29.7 Å². The van der Waals surface area contributed by atoms with Gasteiger partial charge < -0.3 is 0 Å². The first-order valence-electron chi connectivity index (χ1n) is 7.08. The summed E-state index contributed by atoms with van der Waals surface area (Å²) in [4.78, 5) is -0.813. The van der Waals surface area contributed by atoms with Crippen LogP contribution >= 0.6 is 34.8 Å². The van der Waals surface area contributed by atoms with Crippen molar-refractivity contribution in [2.24, 2.45) is 0 Å². The molecule has 3 rings (SSSR count). The topological polar surface area (TPSA) is 41.6 Å². The minimum absolute atomic E-state index is 0.120. The largest absolute Gasteiger partial charge is 0.198 e. The summed E-state index contributed by atoms with van der Waals surface area (Å²) in [5.74, 6) is -0.120. The number of benzene rings is 2. The van der Waals surface area contributed by atoms with E-state index in [0.717, 1.165) is 16.8 Å². The van der Waals surface area contributed by atoms with Gasteiger partial charge in [-0.25, -0.2) is 0 Å². The molecule has 23 heavy (non-hydrogen) atoms. The second-order valence-electron chi connectivity index (χ2n) is 5.34. The van der Waals surface area contributed by atoms with E-state index in [0.29, 0.717) is 10.0 Å². The first-order chi connectivity index (χ1) is 11.0. The van der Waals surface area contributed by atoms with Gasteiger partial charge in [-0.15, -0.1) is 11.6 Å². The Balaban J connectivity index is 2.16. The molecule has 6 heteroatoms. The van der Waals surface area contributed by atoms with Crippen molar-refractivity contribution < 1.29 is 0 Å². The fraction of sp³-hybridized carbons (Fsp3) is 0.176. The maximum Gasteiger partial charge on any atom is 0.103 e. The van der Waals surface area contributed by atoms with Gasteiger partial charge in [0.25, 0.3) is 0 Å². The van der Waals surface area contributed by atoms with Gasteiger partial charge in [0.1, 0.15) is 4.87 Å². The Morgan fingerprint density at radius 2 is 1.39 bits per heavy atom. The Bertz CT molecular complexity index is 722. The van der Waals surface area contributed by atoms with E-state index in [1.807, 2.05) is 55.5 Å². The number of hydrogen-bond donors (Lipinski definition) is 1. The van der Waals surface area contributed by atoms with Crippen molar-refractivity contribution in [2.75, 3.05) is 0 Å². The number of aromatic amines is 1. The smallest absolute Gasteiger partial charge is 0.103 e. The molecule has 0 fully saturated rings. The fourth-order valence-corrected chi connectivity index (χ4v) is 3.29. The zero-order valence-corrected chi connectivity index (χ0v) is 14.6. The first-order valence-corrected chi connectivity index (χ1v) is 8.22. The Labute approximate surface area is 149 Å². The molecule has 0 spiro atoms. The number of halogens is 3. The number of H-pyrrole nitrogens is 1. The maximum absolute atomic E-state index is 7.17. The fourth-order valence-electron chi connectivity index (χ4n) is 2.67. The van der Waals surface area contributed by atoms with Crippen LogP contribution in [0.5, 0.6) is 0 Å². The number of nitrogens with one attached hydrogen (secondary N) is 1. The SMILES string of the molecule is CC(c1cn[nH]n1)C(Cl)(c1ccc(Cl)cc1)c1ccc(Cl)cc1. The zero-order chi connectivity index (χ0) is 16.4. The monoisotopic (exact) mass is 365 g/mol. The van der Waals surface area contributed by atoms with Crippen molar-refractivity contribution in [3.05, 3.63) is 81.6 Å². The summed E-state index contributed by atoms with van der Waals surface area (Å²) in [6, 6.07) is 15.1. The molecule has 2 aromatic carbocycles. The first kappa shape index (κ1) is 16.3. The highest BCUT2D eigenvalue weighted by Gasteiger charge is 2.40. The quantitative estimate of drug-likeness (QED) is 0.628. The summed E-state index contributed by atoms with van der Waals surface area (Å²) < 4.78 is 0. The van der Waals surface area contributed by atoms with Gasteiger partial charge in [0.15, 0.2) is 0 Å².